The van der Waals surface area contributed by atoms with Gasteiger partial charge in [0.05, 0.1) is 13.2 Å². The molecule has 106 valence electrons. The molecule has 0 atom stereocenters. The van der Waals surface area contributed by atoms with Crippen LogP contribution in [0, 0.1) is 5.82 Å². The maximum absolute atomic E-state index is 13.8. The van der Waals surface area contributed by atoms with Crippen molar-refractivity contribution in [2.75, 3.05) is 13.7 Å². The third kappa shape index (κ3) is 3.53. The molecule has 0 saturated carbocycles. The Morgan fingerprint density at radius 1 is 1.20 bits per heavy atom. The second-order valence-electron chi connectivity index (χ2n) is 4.24. The monoisotopic (exact) mass is 277 g/mol. The van der Waals surface area contributed by atoms with Crippen molar-refractivity contribution in [2.45, 2.75) is 13.0 Å². The summed E-state index contributed by atoms with van der Waals surface area (Å²) in [5.74, 6) is -0.285. The number of rotatable bonds is 6. The molecule has 1 aromatic carbocycles. The number of aliphatic hydroxyl groups is 1. The second kappa shape index (κ2) is 6.98. The van der Waals surface area contributed by atoms with Crippen LogP contribution < -0.4 is 4.74 Å². The van der Waals surface area contributed by atoms with Gasteiger partial charge in [-0.1, -0.05) is 12.1 Å². The molecule has 1 N–H and O–H groups in total. The molecule has 0 fully saturated rings. The van der Waals surface area contributed by atoms with E-state index < -0.39 is 5.82 Å². The van der Waals surface area contributed by atoms with E-state index in [2.05, 4.69) is 4.98 Å². The first-order valence-corrected chi connectivity index (χ1v) is 6.24. The Kier molecular flexibility index (Phi) is 5.03. The van der Waals surface area contributed by atoms with E-state index in [0.717, 1.165) is 12.0 Å². The molecule has 0 bridgehead atoms. The Labute approximate surface area is 116 Å². The predicted octanol–water partition coefficient (Wildman–Crippen LogP) is 2.69. The Morgan fingerprint density at radius 3 is 2.60 bits per heavy atom. The molecule has 2 aromatic rings. The van der Waals surface area contributed by atoms with E-state index in [4.69, 9.17) is 14.6 Å². The summed E-state index contributed by atoms with van der Waals surface area (Å²) in [5, 5.41) is 8.99. The maximum Gasteiger partial charge on any atom is 0.256 e. The molecule has 0 spiro atoms. The first-order valence-electron chi connectivity index (χ1n) is 6.24. The lowest BCUT2D eigenvalue weighted by Crippen LogP contribution is -1.98. The number of hydrogen-bond acceptors (Lipinski definition) is 4. The van der Waals surface area contributed by atoms with Gasteiger partial charge in [-0.05, 0) is 30.2 Å². The summed E-state index contributed by atoms with van der Waals surface area (Å²) in [4.78, 5) is 3.83. The lowest BCUT2D eigenvalue weighted by Gasteiger charge is -2.08. The molecule has 20 heavy (non-hydrogen) atoms. The molecule has 0 saturated heterocycles. The SMILES string of the molecule is COCCc1ccc(Oc2nccc(CO)c2F)cc1. The largest absolute Gasteiger partial charge is 0.436 e. The van der Waals surface area contributed by atoms with Crippen molar-refractivity contribution in [1.82, 2.24) is 4.98 Å². The molecule has 0 aliphatic heterocycles. The lowest BCUT2D eigenvalue weighted by atomic mass is 10.1. The van der Waals surface area contributed by atoms with Crippen molar-refractivity contribution in [3.63, 3.8) is 0 Å². The zero-order chi connectivity index (χ0) is 14.4. The summed E-state index contributed by atoms with van der Waals surface area (Å²) in [6.07, 6.45) is 2.21. The van der Waals surface area contributed by atoms with Crippen LogP contribution >= 0.6 is 0 Å². The smallest absolute Gasteiger partial charge is 0.256 e. The predicted molar refractivity (Wildman–Crippen MR) is 72.2 cm³/mol. The third-order valence-corrected chi connectivity index (χ3v) is 2.84. The van der Waals surface area contributed by atoms with Crippen LogP contribution in [0.5, 0.6) is 11.6 Å². The molecule has 4 nitrogen and oxygen atoms in total. The Balaban J connectivity index is 2.10. The fourth-order valence-electron chi connectivity index (χ4n) is 1.71. The molecule has 1 aromatic heterocycles. The Hall–Kier alpha value is -1.98. The number of nitrogens with zero attached hydrogens (tertiary/aromatic N) is 1. The fraction of sp³-hybridized carbons (Fsp3) is 0.267. The van der Waals surface area contributed by atoms with Crippen LogP contribution in [0.15, 0.2) is 36.5 Å². The summed E-state index contributed by atoms with van der Waals surface area (Å²) in [6, 6.07) is 8.69. The molecular weight excluding hydrogens is 261 g/mol. The average Bonchev–Trinajstić information content (AvgIpc) is 2.48. The van der Waals surface area contributed by atoms with E-state index in [0.29, 0.717) is 12.4 Å². The highest BCUT2D eigenvalue weighted by molar-refractivity contribution is 5.32. The average molecular weight is 277 g/mol. The molecule has 0 radical (unpaired) electrons. The lowest BCUT2D eigenvalue weighted by molar-refractivity contribution is 0.202. The number of methoxy groups -OCH3 is 1. The van der Waals surface area contributed by atoms with Gasteiger partial charge in [0, 0.05) is 18.9 Å². The van der Waals surface area contributed by atoms with Crippen molar-refractivity contribution in [2.24, 2.45) is 0 Å². The number of hydrogen-bond donors (Lipinski definition) is 1. The molecule has 2 rings (SSSR count). The van der Waals surface area contributed by atoms with Crippen LogP contribution in [-0.2, 0) is 17.8 Å². The number of ether oxygens (including phenoxy) is 2. The van der Waals surface area contributed by atoms with Gasteiger partial charge in [0.15, 0.2) is 5.82 Å². The van der Waals surface area contributed by atoms with Crippen molar-refractivity contribution >= 4 is 0 Å². The van der Waals surface area contributed by atoms with Gasteiger partial charge in [0.1, 0.15) is 5.75 Å². The Bertz CT molecular complexity index is 558. The minimum Gasteiger partial charge on any atom is -0.436 e. The highest BCUT2D eigenvalue weighted by atomic mass is 19.1. The standard InChI is InChI=1S/C15H16FNO3/c1-19-9-7-11-2-4-13(5-3-11)20-15-14(16)12(10-18)6-8-17-15/h2-6,8,18H,7,9-10H2,1H3. The van der Waals surface area contributed by atoms with Gasteiger partial charge < -0.3 is 14.6 Å². The van der Waals surface area contributed by atoms with Crippen LogP contribution in [0.25, 0.3) is 0 Å². The van der Waals surface area contributed by atoms with Crippen molar-refractivity contribution in [1.29, 1.82) is 0 Å². The molecule has 5 heteroatoms. The zero-order valence-electron chi connectivity index (χ0n) is 11.2. The van der Waals surface area contributed by atoms with Crippen LogP contribution in [0.3, 0.4) is 0 Å². The van der Waals surface area contributed by atoms with Gasteiger partial charge in [0.25, 0.3) is 5.88 Å². The van der Waals surface area contributed by atoms with Gasteiger partial charge in [-0.3, -0.25) is 0 Å². The number of halogens is 1. The van der Waals surface area contributed by atoms with Crippen molar-refractivity contribution in [3.8, 4) is 11.6 Å². The number of benzene rings is 1. The zero-order valence-corrected chi connectivity index (χ0v) is 11.2. The number of aromatic nitrogens is 1. The first kappa shape index (κ1) is 14.4. The third-order valence-electron chi connectivity index (χ3n) is 2.84. The molecule has 0 aliphatic carbocycles. The van der Waals surface area contributed by atoms with Crippen molar-refractivity contribution < 1.29 is 19.0 Å². The summed E-state index contributed by atoms with van der Waals surface area (Å²) in [5.41, 5.74) is 1.27. The van der Waals surface area contributed by atoms with Gasteiger partial charge in [-0.2, -0.15) is 0 Å². The quantitative estimate of drug-likeness (QED) is 0.882. The fourth-order valence-corrected chi connectivity index (χ4v) is 1.71. The van der Waals surface area contributed by atoms with E-state index in [1.165, 1.54) is 12.3 Å². The summed E-state index contributed by atoms with van der Waals surface area (Å²) < 4.78 is 24.2. The minimum absolute atomic E-state index is 0.138. The highest BCUT2D eigenvalue weighted by Crippen LogP contribution is 2.24. The molecule has 0 unspecified atom stereocenters. The molecule has 0 amide bonds. The van der Waals surface area contributed by atoms with E-state index in [1.807, 2.05) is 12.1 Å². The van der Waals surface area contributed by atoms with Crippen LogP contribution in [0.1, 0.15) is 11.1 Å². The normalized spacial score (nSPS) is 10.6. The number of pyridine rings is 1. The Morgan fingerprint density at radius 2 is 1.95 bits per heavy atom. The van der Waals surface area contributed by atoms with Gasteiger partial charge in [-0.15, -0.1) is 0 Å². The van der Waals surface area contributed by atoms with E-state index >= 15 is 0 Å². The topological polar surface area (TPSA) is 51.6 Å². The van der Waals surface area contributed by atoms with Gasteiger partial charge in [0.2, 0.25) is 0 Å². The molecule has 1 heterocycles. The van der Waals surface area contributed by atoms with E-state index in [9.17, 15) is 4.39 Å². The van der Waals surface area contributed by atoms with Crippen molar-refractivity contribution in [3.05, 3.63) is 53.5 Å². The maximum atomic E-state index is 13.8. The molecular formula is C15H16FNO3. The highest BCUT2D eigenvalue weighted by Gasteiger charge is 2.10. The second-order valence-corrected chi connectivity index (χ2v) is 4.24. The van der Waals surface area contributed by atoms with Crippen LogP contribution in [-0.4, -0.2) is 23.8 Å². The summed E-state index contributed by atoms with van der Waals surface area (Å²) in [7, 11) is 1.65. The van der Waals surface area contributed by atoms with Crippen LogP contribution in [0.4, 0.5) is 4.39 Å². The van der Waals surface area contributed by atoms with E-state index in [1.54, 1.807) is 19.2 Å². The van der Waals surface area contributed by atoms with E-state index in [-0.39, 0.29) is 18.1 Å². The number of aliphatic hydroxyl groups excluding tert-OH is 1. The van der Waals surface area contributed by atoms with Crippen LogP contribution in [0.2, 0.25) is 0 Å². The minimum atomic E-state index is -0.640. The summed E-state index contributed by atoms with van der Waals surface area (Å²) >= 11 is 0. The summed E-state index contributed by atoms with van der Waals surface area (Å²) in [6.45, 7) is 0.260. The molecule has 0 aliphatic rings. The van der Waals surface area contributed by atoms with Gasteiger partial charge in [-0.25, -0.2) is 9.37 Å². The first-order chi connectivity index (χ1) is 9.74. The van der Waals surface area contributed by atoms with Gasteiger partial charge >= 0.3 is 0 Å².